The molecule has 3 unspecified atom stereocenters. The molecule has 9 heteroatoms. The Hall–Kier alpha value is -3.88. The summed E-state index contributed by atoms with van der Waals surface area (Å²) in [6.45, 7) is 4.02. The van der Waals surface area contributed by atoms with Crippen molar-refractivity contribution in [2.45, 2.75) is 39.3 Å². The molecule has 1 amide bonds. The number of benzene rings is 2. The fourth-order valence-corrected chi connectivity index (χ4v) is 4.25. The number of carbonyl (C=O) groups is 4. The van der Waals surface area contributed by atoms with Gasteiger partial charge in [-0.3, -0.25) is 14.4 Å². The van der Waals surface area contributed by atoms with Crippen LogP contribution in [0.3, 0.4) is 0 Å². The van der Waals surface area contributed by atoms with Crippen molar-refractivity contribution in [2.24, 2.45) is 17.8 Å². The number of para-hydroxylation sites is 1. The van der Waals surface area contributed by atoms with Crippen LogP contribution >= 0.6 is 0 Å². The summed E-state index contributed by atoms with van der Waals surface area (Å²) in [6.07, 6.45) is -0.419. The fourth-order valence-electron chi connectivity index (χ4n) is 4.25. The second-order valence-electron chi connectivity index (χ2n) is 8.73. The monoisotopic (exact) mass is 497 g/mol. The first-order valence-electron chi connectivity index (χ1n) is 11.9. The van der Waals surface area contributed by atoms with E-state index in [1.807, 2.05) is 61.5 Å². The summed E-state index contributed by atoms with van der Waals surface area (Å²) in [7, 11) is 1.16. The van der Waals surface area contributed by atoms with Gasteiger partial charge in [0.15, 0.2) is 6.10 Å². The minimum absolute atomic E-state index is 0.0482. The maximum absolute atomic E-state index is 13.3. The molecule has 192 valence electrons. The van der Waals surface area contributed by atoms with E-state index in [0.29, 0.717) is 31.0 Å². The molecule has 0 aromatic heterocycles. The van der Waals surface area contributed by atoms with Gasteiger partial charge in [0.25, 0.3) is 0 Å². The molecule has 0 radical (unpaired) electrons. The summed E-state index contributed by atoms with van der Waals surface area (Å²) < 4.78 is 15.4. The third-order valence-corrected chi connectivity index (χ3v) is 6.19. The van der Waals surface area contributed by atoms with Crippen molar-refractivity contribution < 1.29 is 38.5 Å². The van der Waals surface area contributed by atoms with Crippen molar-refractivity contribution in [3.05, 3.63) is 60.2 Å². The Kier molecular flexibility index (Phi) is 9.05. The van der Waals surface area contributed by atoms with E-state index in [4.69, 9.17) is 9.47 Å². The molecule has 4 atom stereocenters. The van der Waals surface area contributed by atoms with E-state index in [2.05, 4.69) is 4.74 Å². The Morgan fingerprint density at radius 1 is 1.00 bits per heavy atom. The number of amides is 1. The number of hydrogen-bond donors (Lipinski definition) is 1. The maximum atomic E-state index is 13.3. The largest absolute Gasteiger partial charge is 0.481 e. The Labute approximate surface area is 209 Å². The number of hydrogen-bond acceptors (Lipinski definition) is 7. The van der Waals surface area contributed by atoms with E-state index >= 15 is 0 Å². The molecule has 1 fully saturated rings. The zero-order chi connectivity index (χ0) is 26.2. The van der Waals surface area contributed by atoms with Gasteiger partial charge < -0.3 is 24.2 Å². The predicted octanol–water partition coefficient (Wildman–Crippen LogP) is 3.66. The highest BCUT2D eigenvalue weighted by molar-refractivity contribution is 5.92. The number of carboxylic acid groups (broad SMARTS) is 1. The van der Waals surface area contributed by atoms with E-state index in [1.54, 1.807) is 4.90 Å². The second-order valence-corrected chi connectivity index (χ2v) is 8.73. The van der Waals surface area contributed by atoms with Gasteiger partial charge in [-0.15, -0.1) is 0 Å². The molecule has 0 aliphatic heterocycles. The number of aliphatic carboxylic acids is 1. The first kappa shape index (κ1) is 26.7. The van der Waals surface area contributed by atoms with Gasteiger partial charge in [0.1, 0.15) is 11.5 Å². The van der Waals surface area contributed by atoms with Gasteiger partial charge in [-0.2, -0.15) is 0 Å². The van der Waals surface area contributed by atoms with Crippen LogP contribution in [0.4, 0.5) is 0 Å². The lowest BCUT2D eigenvalue weighted by Crippen LogP contribution is -2.54. The van der Waals surface area contributed by atoms with Crippen LogP contribution in [0.25, 0.3) is 0 Å². The predicted molar refractivity (Wildman–Crippen MR) is 129 cm³/mol. The van der Waals surface area contributed by atoms with E-state index < -0.39 is 41.8 Å². The van der Waals surface area contributed by atoms with Crippen LogP contribution in [0.2, 0.25) is 0 Å². The molecular weight excluding hydrogens is 466 g/mol. The number of carboxylic acids is 1. The smallest absolute Gasteiger partial charge is 0.346 e. The normalized spacial score (nSPS) is 19.4. The number of nitrogens with zero attached hydrogens (tertiary/aromatic N) is 1. The van der Waals surface area contributed by atoms with Crippen LogP contribution in [-0.2, 0) is 35.2 Å². The van der Waals surface area contributed by atoms with Crippen LogP contribution in [0, 0.1) is 17.8 Å². The molecule has 0 spiro atoms. The van der Waals surface area contributed by atoms with Crippen LogP contribution in [0.15, 0.2) is 54.6 Å². The zero-order valence-corrected chi connectivity index (χ0v) is 20.6. The number of esters is 2. The highest BCUT2D eigenvalue weighted by Crippen LogP contribution is 2.43. The molecule has 2 aromatic rings. The Balaban J connectivity index is 1.65. The van der Waals surface area contributed by atoms with Gasteiger partial charge >= 0.3 is 17.9 Å². The standard InChI is InChI=1S/C27H31NO8/c1-4-14-28(16-18-10-12-20(13-11-18)36-19-8-6-5-7-9-19)24(29)21-15-22(23(21)25(30)31)27(33)35-17(2)26(32)34-3/h5-13,17,21-23H,4,14-16H2,1-3H3,(H,30,31)/t17-,21?,22?,23?/m0/s1. The van der Waals surface area contributed by atoms with Crippen molar-refractivity contribution in [1.82, 2.24) is 4.90 Å². The minimum Gasteiger partial charge on any atom is -0.481 e. The molecule has 0 saturated heterocycles. The van der Waals surface area contributed by atoms with Crippen molar-refractivity contribution in [2.75, 3.05) is 13.7 Å². The van der Waals surface area contributed by atoms with E-state index in [0.717, 1.165) is 12.7 Å². The third-order valence-electron chi connectivity index (χ3n) is 6.19. The highest BCUT2D eigenvalue weighted by atomic mass is 16.6. The number of rotatable bonds is 11. The van der Waals surface area contributed by atoms with Crippen molar-refractivity contribution in [3.8, 4) is 11.5 Å². The lowest BCUT2D eigenvalue weighted by Gasteiger charge is -2.41. The van der Waals surface area contributed by atoms with Gasteiger partial charge in [-0.05, 0) is 49.6 Å². The summed E-state index contributed by atoms with van der Waals surface area (Å²) in [5.41, 5.74) is 0.867. The van der Waals surface area contributed by atoms with Crippen LogP contribution in [0.1, 0.15) is 32.3 Å². The quantitative estimate of drug-likeness (QED) is 0.467. The molecule has 0 heterocycles. The Morgan fingerprint density at radius 2 is 1.64 bits per heavy atom. The first-order valence-corrected chi connectivity index (χ1v) is 11.9. The lowest BCUT2D eigenvalue weighted by molar-refractivity contribution is -0.181. The summed E-state index contributed by atoms with van der Waals surface area (Å²) in [5.74, 6) is -4.81. The molecular formula is C27H31NO8. The van der Waals surface area contributed by atoms with Crippen molar-refractivity contribution in [3.63, 3.8) is 0 Å². The zero-order valence-electron chi connectivity index (χ0n) is 20.6. The molecule has 3 rings (SSSR count). The molecule has 1 N–H and O–H groups in total. The maximum Gasteiger partial charge on any atom is 0.346 e. The molecule has 1 saturated carbocycles. The summed E-state index contributed by atoms with van der Waals surface area (Å²) in [5, 5.41) is 9.73. The molecule has 36 heavy (non-hydrogen) atoms. The van der Waals surface area contributed by atoms with Crippen LogP contribution < -0.4 is 4.74 Å². The first-order chi connectivity index (χ1) is 17.2. The lowest BCUT2D eigenvalue weighted by atomic mass is 9.64. The second kappa shape index (κ2) is 12.2. The van der Waals surface area contributed by atoms with Gasteiger partial charge in [0, 0.05) is 13.1 Å². The molecule has 2 aromatic carbocycles. The fraction of sp³-hybridized carbons (Fsp3) is 0.407. The molecule has 9 nitrogen and oxygen atoms in total. The average Bonchev–Trinajstić information content (AvgIpc) is 2.83. The number of ether oxygens (including phenoxy) is 3. The Morgan fingerprint density at radius 3 is 2.22 bits per heavy atom. The van der Waals surface area contributed by atoms with E-state index in [-0.39, 0.29) is 12.3 Å². The average molecular weight is 498 g/mol. The van der Waals surface area contributed by atoms with Gasteiger partial charge in [0.2, 0.25) is 5.91 Å². The van der Waals surface area contributed by atoms with Crippen molar-refractivity contribution >= 4 is 23.8 Å². The molecule has 1 aliphatic rings. The topological polar surface area (TPSA) is 119 Å². The van der Waals surface area contributed by atoms with Gasteiger partial charge in [0.05, 0.1) is 24.9 Å². The molecule has 1 aliphatic carbocycles. The van der Waals surface area contributed by atoms with Crippen LogP contribution in [-0.4, -0.2) is 53.6 Å². The number of methoxy groups -OCH3 is 1. The summed E-state index contributed by atoms with van der Waals surface area (Å²) >= 11 is 0. The Bertz CT molecular complexity index is 1070. The van der Waals surface area contributed by atoms with E-state index in [9.17, 15) is 24.3 Å². The summed E-state index contributed by atoms with van der Waals surface area (Å²) in [4.78, 5) is 50.8. The van der Waals surface area contributed by atoms with Crippen molar-refractivity contribution in [1.29, 1.82) is 0 Å². The number of carbonyl (C=O) groups excluding carboxylic acids is 3. The van der Waals surface area contributed by atoms with Gasteiger partial charge in [-0.1, -0.05) is 37.3 Å². The molecule has 0 bridgehead atoms. The minimum atomic E-state index is -1.24. The highest BCUT2D eigenvalue weighted by Gasteiger charge is 2.55. The summed E-state index contributed by atoms with van der Waals surface area (Å²) in [6, 6.07) is 16.7. The van der Waals surface area contributed by atoms with Gasteiger partial charge in [-0.25, -0.2) is 4.79 Å². The SMILES string of the molecule is CCCN(Cc1ccc(Oc2ccccc2)cc1)C(=O)C1CC(C(=O)O[C@@H](C)C(=O)OC)C1C(=O)O. The van der Waals surface area contributed by atoms with Crippen LogP contribution in [0.5, 0.6) is 11.5 Å². The third kappa shape index (κ3) is 6.41. The van der Waals surface area contributed by atoms with E-state index in [1.165, 1.54) is 6.92 Å².